The molecule has 0 saturated carbocycles. The van der Waals surface area contributed by atoms with Gasteiger partial charge < -0.3 is 19.7 Å². The number of methoxy groups -OCH3 is 1. The third-order valence-electron chi connectivity index (χ3n) is 5.90. The maximum Gasteiger partial charge on any atom is 0.231 e. The van der Waals surface area contributed by atoms with Crippen LogP contribution in [-0.2, 0) is 20.7 Å². The zero-order valence-corrected chi connectivity index (χ0v) is 17.3. The molecule has 0 spiro atoms. The summed E-state index contributed by atoms with van der Waals surface area (Å²) in [6.45, 7) is 2.49. The molecule has 3 heterocycles. The van der Waals surface area contributed by atoms with Gasteiger partial charge in [0.15, 0.2) is 0 Å². The van der Waals surface area contributed by atoms with E-state index < -0.39 is 0 Å². The van der Waals surface area contributed by atoms with Gasteiger partial charge in [0.25, 0.3) is 0 Å². The minimum absolute atomic E-state index is 0.0126. The first-order chi connectivity index (χ1) is 14.6. The lowest BCUT2D eigenvalue weighted by Crippen LogP contribution is -2.40. The number of anilines is 1. The number of benzene rings is 1. The molecule has 0 bridgehead atoms. The number of ether oxygens (including phenoxy) is 2. The van der Waals surface area contributed by atoms with E-state index in [2.05, 4.69) is 10.4 Å². The van der Waals surface area contributed by atoms with Crippen LogP contribution in [0.15, 0.2) is 36.5 Å². The van der Waals surface area contributed by atoms with E-state index in [9.17, 15) is 9.59 Å². The molecule has 0 aliphatic carbocycles. The maximum atomic E-state index is 12.7. The van der Waals surface area contributed by atoms with Crippen LogP contribution in [-0.4, -0.2) is 59.9 Å². The van der Waals surface area contributed by atoms with E-state index in [-0.39, 0.29) is 23.8 Å². The summed E-state index contributed by atoms with van der Waals surface area (Å²) in [7, 11) is 1.63. The van der Waals surface area contributed by atoms with Crippen molar-refractivity contribution >= 4 is 17.6 Å². The van der Waals surface area contributed by atoms with Crippen LogP contribution in [0.5, 0.6) is 5.75 Å². The average Bonchev–Trinajstić information content (AvgIpc) is 3.47. The van der Waals surface area contributed by atoms with Crippen molar-refractivity contribution in [3.05, 3.63) is 42.1 Å². The molecule has 30 heavy (non-hydrogen) atoms. The van der Waals surface area contributed by atoms with Crippen LogP contribution < -0.4 is 10.1 Å². The second-order valence-electron chi connectivity index (χ2n) is 7.85. The first-order valence-corrected chi connectivity index (χ1v) is 10.5. The van der Waals surface area contributed by atoms with E-state index >= 15 is 0 Å². The number of hydrogen-bond donors (Lipinski definition) is 1. The SMILES string of the molecule is COc1ccc(CC(=O)N2CCC(n3nccc3NC(=O)[C@H]3CCOC3)CC2)cc1. The highest BCUT2D eigenvalue weighted by molar-refractivity contribution is 5.92. The molecule has 1 N–H and O–H groups in total. The summed E-state index contributed by atoms with van der Waals surface area (Å²) in [4.78, 5) is 27.0. The van der Waals surface area contributed by atoms with Gasteiger partial charge in [-0.05, 0) is 37.0 Å². The lowest BCUT2D eigenvalue weighted by Gasteiger charge is -2.33. The molecule has 1 atom stereocenters. The number of rotatable bonds is 6. The standard InChI is InChI=1S/C22H28N4O4/c1-29-19-4-2-16(3-5-19)14-21(27)25-11-7-18(8-12-25)26-20(6-10-23-26)24-22(28)17-9-13-30-15-17/h2-6,10,17-18H,7-9,11-15H2,1H3,(H,24,28)/t17-/m0/s1. The van der Waals surface area contributed by atoms with Gasteiger partial charge in [0.05, 0.1) is 38.3 Å². The molecule has 0 radical (unpaired) electrons. The van der Waals surface area contributed by atoms with Crippen molar-refractivity contribution in [1.29, 1.82) is 0 Å². The smallest absolute Gasteiger partial charge is 0.231 e. The van der Waals surface area contributed by atoms with Crippen LogP contribution in [0.3, 0.4) is 0 Å². The fourth-order valence-corrected chi connectivity index (χ4v) is 4.06. The van der Waals surface area contributed by atoms with Crippen molar-refractivity contribution < 1.29 is 19.1 Å². The first-order valence-electron chi connectivity index (χ1n) is 10.5. The normalized spacial score (nSPS) is 19.6. The van der Waals surface area contributed by atoms with Crippen molar-refractivity contribution in [2.75, 3.05) is 38.7 Å². The van der Waals surface area contributed by atoms with Crippen molar-refractivity contribution in [1.82, 2.24) is 14.7 Å². The summed E-state index contributed by atoms with van der Waals surface area (Å²) in [6.07, 6.45) is 4.48. The Morgan fingerprint density at radius 2 is 1.93 bits per heavy atom. The topological polar surface area (TPSA) is 85.7 Å². The molecule has 2 amide bonds. The number of nitrogens with zero attached hydrogens (tertiary/aromatic N) is 3. The Morgan fingerprint density at radius 1 is 1.17 bits per heavy atom. The predicted molar refractivity (Wildman–Crippen MR) is 111 cm³/mol. The van der Waals surface area contributed by atoms with Crippen molar-refractivity contribution in [3.63, 3.8) is 0 Å². The second-order valence-corrected chi connectivity index (χ2v) is 7.85. The quantitative estimate of drug-likeness (QED) is 0.787. The predicted octanol–water partition coefficient (Wildman–Crippen LogP) is 2.27. The Labute approximate surface area is 176 Å². The molecule has 2 aliphatic heterocycles. The molecule has 160 valence electrons. The molecular weight excluding hydrogens is 384 g/mol. The number of carbonyl (C=O) groups excluding carboxylic acids is 2. The largest absolute Gasteiger partial charge is 0.497 e. The minimum Gasteiger partial charge on any atom is -0.497 e. The Balaban J connectivity index is 1.30. The van der Waals surface area contributed by atoms with Gasteiger partial charge in [-0.2, -0.15) is 5.10 Å². The lowest BCUT2D eigenvalue weighted by molar-refractivity contribution is -0.131. The van der Waals surface area contributed by atoms with E-state index in [1.165, 1.54) is 0 Å². The van der Waals surface area contributed by atoms with Gasteiger partial charge in [0.1, 0.15) is 11.6 Å². The lowest BCUT2D eigenvalue weighted by atomic mass is 10.0. The highest BCUT2D eigenvalue weighted by atomic mass is 16.5. The molecule has 1 aromatic heterocycles. The fourth-order valence-electron chi connectivity index (χ4n) is 4.06. The molecule has 1 aromatic carbocycles. The number of likely N-dealkylation sites (tertiary alicyclic amines) is 1. The van der Waals surface area contributed by atoms with E-state index in [1.807, 2.05) is 39.9 Å². The van der Waals surface area contributed by atoms with E-state index in [0.717, 1.165) is 36.4 Å². The average molecular weight is 412 g/mol. The summed E-state index contributed by atoms with van der Waals surface area (Å²) in [5.41, 5.74) is 0.982. The van der Waals surface area contributed by atoms with Gasteiger partial charge in [0, 0.05) is 25.8 Å². The first kappa shape index (κ1) is 20.4. The zero-order chi connectivity index (χ0) is 20.9. The minimum atomic E-state index is -0.0919. The number of amides is 2. The van der Waals surface area contributed by atoms with Crippen LogP contribution in [0, 0.1) is 5.92 Å². The maximum absolute atomic E-state index is 12.7. The van der Waals surface area contributed by atoms with E-state index in [4.69, 9.17) is 9.47 Å². The fraction of sp³-hybridized carbons (Fsp3) is 0.500. The molecule has 2 saturated heterocycles. The van der Waals surface area contributed by atoms with Crippen molar-refractivity contribution in [2.45, 2.75) is 31.7 Å². The van der Waals surface area contributed by atoms with Crippen LogP contribution in [0.2, 0.25) is 0 Å². The molecule has 8 heteroatoms. The number of nitrogens with one attached hydrogen (secondary N) is 1. The molecule has 4 rings (SSSR count). The molecule has 0 unspecified atom stereocenters. The third kappa shape index (κ3) is 4.64. The Morgan fingerprint density at radius 3 is 2.60 bits per heavy atom. The summed E-state index contributed by atoms with van der Waals surface area (Å²) < 4.78 is 12.4. The third-order valence-corrected chi connectivity index (χ3v) is 5.90. The second kappa shape index (κ2) is 9.30. The Kier molecular flexibility index (Phi) is 6.32. The Hall–Kier alpha value is -2.87. The highest BCUT2D eigenvalue weighted by Gasteiger charge is 2.28. The molecule has 8 nitrogen and oxygen atoms in total. The molecule has 2 fully saturated rings. The van der Waals surface area contributed by atoms with Crippen LogP contribution in [0.25, 0.3) is 0 Å². The number of aromatic nitrogens is 2. The van der Waals surface area contributed by atoms with Crippen LogP contribution >= 0.6 is 0 Å². The van der Waals surface area contributed by atoms with Gasteiger partial charge in [-0.3, -0.25) is 9.59 Å². The number of piperidine rings is 1. The Bertz CT molecular complexity index is 866. The summed E-state index contributed by atoms with van der Waals surface area (Å²) in [5.74, 6) is 1.53. The molecule has 2 aromatic rings. The van der Waals surface area contributed by atoms with Gasteiger partial charge in [-0.1, -0.05) is 12.1 Å². The van der Waals surface area contributed by atoms with Crippen molar-refractivity contribution in [2.24, 2.45) is 5.92 Å². The monoisotopic (exact) mass is 412 g/mol. The molecular formula is C22H28N4O4. The zero-order valence-electron chi connectivity index (χ0n) is 17.3. The number of carbonyl (C=O) groups is 2. The molecule has 2 aliphatic rings. The number of hydrogen-bond acceptors (Lipinski definition) is 5. The summed E-state index contributed by atoms with van der Waals surface area (Å²) in [5, 5.41) is 7.43. The van der Waals surface area contributed by atoms with E-state index in [0.29, 0.717) is 32.7 Å². The summed E-state index contributed by atoms with van der Waals surface area (Å²) >= 11 is 0. The van der Waals surface area contributed by atoms with Crippen LogP contribution in [0.1, 0.15) is 30.9 Å². The van der Waals surface area contributed by atoms with Crippen molar-refractivity contribution in [3.8, 4) is 5.75 Å². The van der Waals surface area contributed by atoms with Gasteiger partial charge in [-0.15, -0.1) is 0 Å². The van der Waals surface area contributed by atoms with Gasteiger partial charge in [0.2, 0.25) is 11.8 Å². The van der Waals surface area contributed by atoms with Gasteiger partial charge in [-0.25, -0.2) is 4.68 Å². The van der Waals surface area contributed by atoms with Gasteiger partial charge >= 0.3 is 0 Å². The van der Waals surface area contributed by atoms with E-state index in [1.54, 1.807) is 13.3 Å². The summed E-state index contributed by atoms with van der Waals surface area (Å²) in [6, 6.07) is 9.60. The van der Waals surface area contributed by atoms with Crippen LogP contribution in [0.4, 0.5) is 5.82 Å². The highest BCUT2D eigenvalue weighted by Crippen LogP contribution is 2.26.